The van der Waals surface area contributed by atoms with Gasteiger partial charge in [0.05, 0.1) is 0 Å². The molecule has 0 saturated carbocycles. The van der Waals surface area contributed by atoms with Gasteiger partial charge in [-0.2, -0.15) is 0 Å². The van der Waals surface area contributed by atoms with Gasteiger partial charge in [0.25, 0.3) is 0 Å². The Morgan fingerprint density at radius 2 is 2.44 bits per heavy atom. The lowest BCUT2D eigenvalue weighted by Gasteiger charge is -2.08. The molecule has 0 aromatic carbocycles. The normalized spacial score (nSPS) is 12.2. The summed E-state index contributed by atoms with van der Waals surface area (Å²) in [5.41, 5.74) is 0. The maximum absolute atomic E-state index is 10.4. The Kier molecular flexibility index (Phi) is 3.71. The van der Waals surface area contributed by atoms with E-state index in [9.17, 15) is 4.79 Å². The number of nitrogens with one attached hydrogen (secondary N) is 1. The van der Waals surface area contributed by atoms with E-state index < -0.39 is 5.97 Å². The number of esters is 1. The number of carbonyl (C=O) groups is 1. The van der Waals surface area contributed by atoms with Crippen LogP contribution >= 0.6 is 0 Å². The second-order valence-corrected chi connectivity index (χ2v) is 1.57. The molecule has 9 heavy (non-hydrogen) atoms. The predicted octanol–water partition coefficient (Wildman–Crippen LogP) is 0.281. The number of hydrogen-bond donors (Lipinski definition) is 1. The molecule has 0 aliphatic carbocycles. The Labute approximate surface area is 54.7 Å². The summed E-state index contributed by atoms with van der Waals surface area (Å²) in [5.74, 6) is -0.406. The van der Waals surface area contributed by atoms with Crippen LogP contribution in [0.15, 0.2) is 12.7 Å². The van der Waals surface area contributed by atoms with Crippen LogP contribution in [-0.2, 0) is 9.53 Å². The molecule has 0 aliphatic heterocycles. The van der Waals surface area contributed by atoms with E-state index in [0.717, 1.165) is 6.08 Å². The van der Waals surface area contributed by atoms with E-state index in [2.05, 4.69) is 16.6 Å². The largest absolute Gasteiger partial charge is 0.444 e. The maximum Gasteiger partial charge on any atom is 0.331 e. The molecule has 1 atom stereocenters. The minimum atomic E-state index is -0.406. The highest BCUT2D eigenvalue weighted by atomic mass is 16.6. The van der Waals surface area contributed by atoms with E-state index in [4.69, 9.17) is 0 Å². The van der Waals surface area contributed by atoms with Gasteiger partial charge in [-0.15, -0.1) is 0 Å². The van der Waals surface area contributed by atoms with Crippen LogP contribution in [0.25, 0.3) is 0 Å². The first-order chi connectivity index (χ1) is 4.20. The van der Waals surface area contributed by atoms with Crippen molar-refractivity contribution in [3.8, 4) is 0 Å². The average Bonchev–Trinajstić information content (AvgIpc) is 1.87. The van der Waals surface area contributed by atoms with Crippen LogP contribution in [-0.4, -0.2) is 19.2 Å². The van der Waals surface area contributed by atoms with Gasteiger partial charge in [-0.1, -0.05) is 6.58 Å². The molecule has 3 heteroatoms. The van der Waals surface area contributed by atoms with Crippen molar-refractivity contribution in [2.75, 3.05) is 7.05 Å². The smallest absolute Gasteiger partial charge is 0.331 e. The summed E-state index contributed by atoms with van der Waals surface area (Å²) in [6.07, 6.45) is 0.892. The number of hydrogen-bond acceptors (Lipinski definition) is 3. The third kappa shape index (κ3) is 3.73. The Hall–Kier alpha value is -0.830. The van der Waals surface area contributed by atoms with Gasteiger partial charge >= 0.3 is 5.97 Å². The summed E-state index contributed by atoms with van der Waals surface area (Å²) in [6, 6.07) is 0. The quantitative estimate of drug-likeness (QED) is 0.338. The summed E-state index contributed by atoms with van der Waals surface area (Å²) >= 11 is 0. The van der Waals surface area contributed by atoms with Gasteiger partial charge in [-0.05, 0) is 14.0 Å². The molecule has 0 aromatic heterocycles. The maximum atomic E-state index is 10.4. The highest BCUT2D eigenvalue weighted by Gasteiger charge is 2.00. The molecule has 0 aliphatic rings. The van der Waals surface area contributed by atoms with Crippen molar-refractivity contribution in [1.29, 1.82) is 0 Å². The fourth-order valence-corrected chi connectivity index (χ4v) is 0.281. The topological polar surface area (TPSA) is 38.3 Å². The average molecular weight is 129 g/mol. The molecule has 1 N–H and O–H groups in total. The van der Waals surface area contributed by atoms with Gasteiger partial charge in [0, 0.05) is 6.08 Å². The SMILES string of the molecule is C=CC(=O)O[C@@H](C)NC. The summed E-state index contributed by atoms with van der Waals surface area (Å²) in [4.78, 5) is 10.4. The molecule has 0 amide bonds. The summed E-state index contributed by atoms with van der Waals surface area (Å²) in [6.45, 7) is 4.98. The van der Waals surface area contributed by atoms with Crippen molar-refractivity contribution >= 4 is 5.97 Å². The fraction of sp³-hybridized carbons (Fsp3) is 0.500. The first kappa shape index (κ1) is 8.17. The van der Waals surface area contributed by atoms with Gasteiger partial charge < -0.3 is 4.74 Å². The molecule has 0 radical (unpaired) electrons. The lowest BCUT2D eigenvalue weighted by molar-refractivity contribution is -0.143. The lowest BCUT2D eigenvalue weighted by Crippen LogP contribution is -2.26. The monoisotopic (exact) mass is 129 g/mol. The zero-order valence-corrected chi connectivity index (χ0v) is 5.68. The highest BCUT2D eigenvalue weighted by Crippen LogP contribution is 1.84. The summed E-state index contributed by atoms with van der Waals surface area (Å²) in [5, 5.41) is 2.74. The van der Waals surface area contributed by atoms with E-state index in [1.165, 1.54) is 0 Å². The van der Waals surface area contributed by atoms with Crippen molar-refractivity contribution in [2.45, 2.75) is 13.2 Å². The molecule has 3 nitrogen and oxygen atoms in total. The number of rotatable bonds is 3. The summed E-state index contributed by atoms with van der Waals surface area (Å²) < 4.78 is 4.68. The molecule has 0 fully saturated rings. The van der Waals surface area contributed by atoms with E-state index in [-0.39, 0.29) is 6.23 Å². The molecular weight excluding hydrogens is 118 g/mol. The fourth-order valence-electron chi connectivity index (χ4n) is 0.281. The van der Waals surface area contributed by atoms with Crippen LogP contribution in [0.3, 0.4) is 0 Å². The highest BCUT2D eigenvalue weighted by molar-refractivity contribution is 5.81. The molecular formula is C6H11NO2. The Morgan fingerprint density at radius 3 is 2.78 bits per heavy atom. The van der Waals surface area contributed by atoms with Crippen LogP contribution in [0.1, 0.15) is 6.92 Å². The molecule has 52 valence electrons. The Morgan fingerprint density at radius 1 is 1.89 bits per heavy atom. The predicted molar refractivity (Wildman–Crippen MR) is 34.8 cm³/mol. The van der Waals surface area contributed by atoms with E-state index >= 15 is 0 Å². The molecule has 0 spiro atoms. The second kappa shape index (κ2) is 4.09. The number of carbonyl (C=O) groups excluding carboxylic acids is 1. The minimum absolute atomic E-state index is 0.240. The number of ether oxygens (including phenoxy) is 1. The molecule has 0 aromatic rings. The lowest BCUT2D eigenvalue weighted by atomic mass is 10.6. The van der Waals surface area contributed by atoms with Crippen molar-refractivity contribution in [1.82, 2.24) is 5.32 Å². The van der Waals surface area contributed by atoms with Crippen molar-refractivity contribution in [3.05, 3.63) is 12.7 Å². The van der Waals surface area contributed by atoms with Gasteiger partial charge in [0.15, 0.2) is 6.23 Å². The van der Waals surface area contributed by atoms with Crippen LogP contribution in [0.4, 0.5) is 0 Å². The molecule has 0 heterocycles. The molecule has 0 bridgehead atoms. The van der Waals surface area contributed by atoms with Gasteiger partial charge in [0.1, 0.15) is 0 Å². The van der Waals surface area contributed by atoms with Crippen LogP contribution in [0, 0.1) is 0 Å². The van der Waals surface area contributed by atoms with Crippen LogP contribution in [0.2, 0.25) is 0 Å². The Bertz CT molecular complexity index is 112. The Balaban J connectivity index is 3.46. The van der Waals surface area contributed by atoms with E-state index in [0.29, 0.717) is 0 Å². The van der Waals surface area contributed by atoms with E-state index in [1.54, 1.807) is 14.0 Å². The third-order valence-electron chi connectivity index (χ3n) is 0.866. The van der Waals surface area contributed by atoms with E-state index in [1.807, 2.05) is 0 Å². The first-order valence-corrected chi connectivity index (χ1v) is 2.71. The first-order valence-electron chi connectivity index (χ1n) is 2.71. The standard InChI is InChI=1S/C6H11NO2/c1-4-6(8)9-5(2)7-3/h4-5,7H,1H2,2-3H3/t5-/m0/s1. The zero-order chi connectivity index (χ0) is 7.28. The van der Waals surface area contributed by atoms with Crippen molar-refractivity contribution in [2.24, 2.45) is 0 Å². The van der Waals surface area contributed by atoms with Gasteiger partial charge in [-0.25, -0.2) is 4.79 Å². The third-order valence-corrected chi connectivity index (χ3v) is 0.866. The van der Waals surface area contributed by atoms with Crippen molar-refractivity contribution in [3.63, 3.8) is 0 Å². The summed E-state index contributed by atoms with van der Waals surface area (Å²) in [7, 11) is 1.71. The molecule has 0 saturated heterocycles. The van der Waals surface area contributed by atoms with Gasteiger partial charge in [-0.3, -0.25) is 5.32 Å². The van der Waals surface area contributed by atoms with Crippen molar-refractivity contribution < 1.29 is 9.53 Å². The zero-order valence-electron chi connectivity index (χ0n) is 5.68. The van der Waals surface area contributed by atoms with Gasteiger partial charge in [0.2, 0.25) is 0 Å². The second-order valence-electron chi connectivity index (χ2n) is 1.57. The van der Waals surface area contributed by atoms with Crippen LogP contribution in [0.5, 0.6) is 0 Å². The minimum Gasteiger partial charge on any atom is -0.444 e. The van der Waals surface area contributed by atoms with Crippen LogP contribution < -0.4 is 5.32 Å². The molecule has 0 rings (SSSR count). The molecule has 0 unspecified atom stereocenters.